The Balaban J connectivity index is 2.01. The molecule has 0 spiro atoms. The number of benzene rings is 2. The molecular weight excluding hydrogens is 356 g/mol. The first-order valence-electron chi connectivity index (χ1n) is 7.99. The molecule has 0 atom stereocenters. The number of hydrogen-bond acceptors (Lipinski definition) is 5. The van der Waals surface area contributed by atoms with Gasteiger partial charge in [-0.25, -0.2) is 0 Å². The van der Waals surface area contributed by atoms with Gasteiger partial charge in [0, 0.05) is 29.4 Å². The second kappa shape index (κ2) is 9.31. The number of hydrogen-bond donors (Lipinski definition) is 1. The average Bonchev–Trinajstić information content (AvgIpc) is 2.62. The van der Waals surface area contributed by atoms with Crippen molar-refractivity contribution >= 4 is 23.2 Å². The molecule has 6 nitrogen and oxygen atoms in total. The van der Waals surface area contributed by atoms with E-state index in [1.807, 2.05) is 36.2 Å². The van der Waals surface area contributed by atoms with Gasteiger partial charge < -0.3 is 19.5 Å². The van der Waals surface area contributed by atoms with Crippen LogP contribution in [0.15, 0.2) is 36.4 Å². The number of carbonyl (C=O) groups is 1. The summed E-state index contributed by atoms with van der Waals surface area (Å²) in [6.07, 6.45) is 0. The third-order valence-electron chi connectivity index (χ3n) is 3.73. The summed E-state index contributed by atoms with van der Waals surface area (Å²) in [5.74, 6) is 1.30. The zero-order valence-electron chi connectivity index (χ0n) is 15.3. The number of nitrogens with zero attached hydrogens (tertiary/aromatic N) is 1. The first-order chi connectivity index (χ1) is 12.5. The minimum absolute atomic E-state index is 0.143. The molecule has 26 heavy (non-hydrogen) atoms. The third-order valence-corrected chi connectivity index (χ3v) is 3.98. The molecule has 0 aliphatic heterocycles. The predicted molar refractivity (Wildman–Crippen MR) is 103 cm³/mol. The summed E-state index contributed by atoms with van der Waals surface area (Å²) in [6, 6.07) is 10.9. The summed E-state index contributed by atoms with van der Waals surface area (Å²) in [6.45, 7) is 0.874. The lowest BCUT2D eigenvalue weighted by Gasteiger charge is -2.18. The van der Waals surface area contributed by atoms with Gasteiger partial charge in [0.05, 0.1) is 27.9 Å². The van der Waals surface area contributed by atoms with Crippen LogP contribution in [0.4, 0.5) is 5.69 Å². The van der Waals surface area contributed by atoms with Crippen molar-refractivity contribution in [2.75, 3.05) is 40.2 Å². The molecule has 0 fully saturated rings. The number of rotatable bonds is 8. The summed E-state index contributed by atoms with van der Waals surface area (Å²) in [5, 5.41) is 3.54. The Kier molecular flexibility index (Phi) is 7.12. The molecule has 0 unspecified atom stereocenters. The Morgan fingerprint density at radius 3 is 2.12 bits per heavy atom. The van der Waals surface area contributed by atoms with E-state index >= 15 is 0 Å². The number of anilines is 1. The van der Waals surface area contributed by atoms with Gasteiger partial charge in [0.25, 0.3) is 0 Å². The highest BCUT2D eigenvalue weighted by molar-refractivity contribution is 6.30. The fourth-order valence-electron chi connectivity index (χ4n) is 2.56. The molecule has 1 N–H and O–H groups in total. The minimum atomic E-state index is -0.143. The van der Waals surface area contributed by atoms with E-state index in [2.05, 4.69) is 5.32 Å². The largest absolute Gasteiger partial charge is 0.493 e. The maximum absolute atomic E-state index is 12.3. The summed E-state index contributed by atoms with van der Waals surface area (Å²) < 4.78 is 15.9. The SMILES string of the molecule is COc1cc(NC(=O)CN(C)Cc2ccc(Cl)cc2)cc(OC)c1OC. The quantitative estimate of drug-likeness (QED) is 0.762. The Hall–Kier alpha value is -2.44. The van der Waals surface area contributed by atoms with E-state index in [1.54, 1.807) is 12.1 Å². The van der Waals surface area contributed by atoms with Gasteiger partial charge in [0.15, 0.2) is 11.5 Å². The van der Waals surface area contributed by atoms with Crippen molar-refractivity contribution in [1.29, 1.82) is 0 Å². The maximum Gasteiger partial charge on any atom is 0.238 e. The third kappa shape index (κ3) is 5.28. The Bertz CT molecular complexity index is 725. The molecule has 1 amide bonds. The van der Waals surface area contributed by atoms with E-state index in [4.69, 9.17) is 25.8 Å². The van der Waals surface area contributed by atoms with Crippen LogP contribution in [0.25, 0.3) is 0 Å². The lowest BCUT2D eigenvalue weighted by molar-refractivity contribution is -0.117. The number of carbonyl (C=O) groups excluding carboxylic acids is 1. The lowest BCUT2D eigenvalue weighted by atomic mass is 10.2. The highest BCUT2D eigenvalue weighted by atomic mass is 35.5. The number of amides is 1. The van der Waals surface area contributed by atoms with Crippen LogP contribution < -0.4 is 19.5 Å². The average molecular weight is 379 g/mol. The van der Waals surface area contributed by atoms with Crippen LogP contribution >= 0.6 is 11.6 Å². The van der Waals surface area contributed by atoms with Crippen LogP contribution in [0, 0.1) is 0 Å². The Morgan fingerprint density at radius 1 is 1.04 bits per heavy atom. The standard InChI is InChI=1S/C19H23ClN2O4/c1-22(11-13-5-7-14(20)8-6-13)12-18(23)21-15-9-16(24-2)19(26-4)17(10-15)25-3/h5-10H,11-12H2,1-4H3,(H,21,23). The van der Waals surface area contributed by atoms with Crippen molar-refractivity contribution in [3.63, 3.8) is 0 Å². The molecule has 2 aromatic rings. The molecule has 0 heterocycles. The fourth-order valence-corrected chi connectivity index (χ4v) is 2.68. The molecule has 0 saturated carbocycles. The van der Waals surface area contributed by atoms with Gasteiger partial charge in [0.2, 0.25) is 11.7 Å². The highest BCUT2D eigenvalue weighted by Crippen LogP contribution is 2.39. The Morgan fingerprint density at radius 2 is 1.62 bits per heavy atom. The molecule has 0 radical (unpaired) electrons. The van der Waals surface area contributed by atoms with E-state index in [9.17, 15) is 4.79 Å². The summed E-state index contributed by atoms with van der Waals surface area (Å²) in [5.41, 5.74) is 1.65. The van der Waals surface area contributed by atoms with Crippen LogP contribution in [0.3, 0.4) is 0 Å². The summed E-state index contributed by atoms with van der Waals surface area (Å²) >= 11 is 5.89. The van der Waals surface area contributed by atoms with E-state index in [0.29, 0.717) is 34.5 Å². The maximum atomic E-state index is 12.3. The van der Waals surface area contributed by atoms with E-state index in [1.165, 1.54) is 21.3 Å². The number of halogens is 1. The number of methoxy groups -OCH3 is 3. The Labute approximate surface area is 158 Å². The van der Waals surface area contributed by atoms with Gasteiger partial charge in [-0.2, -0.15) is 0 Å². The molecule has 0 saturated heterocycles. The van der Waals surface area contributed by atoms with Crippen LogP contribution in [0.2, 0.25) is 5.02 Å². The first kappa shape index (κ1) is 19.9. The molecule has 0 aliphatic carbocycles. The van der Waals surface area contributed by atoms with Gasteiger partial charge >= 0.3 is 0 Å². The van der Waals surface area contributed by atoms with Crippen LogP contribution in [0.5, 0.6) is 17.2 Å². The zero-order chi connectivity index (χ0) is 19.1. The number of likely N-dealkylation sites (N-methyl/N-ethyl adjacent to an activating group) is 1. The van der Waals surface area contributed by atoms with Gasteiger partial charge in [-0.1, -0.05) is 23.7 Å². The fraction of sp³-hybridized carbons (Fsp3) is 0.316. The van der Waals surface area contributed by atoms with E-state index < -0.39 is 0 Å². The van der Waals surface area contributed by atoms with Crippen molar-refractivity contribution in [2.45, 2.75) is 6.54 Å². The zero-order valence-corrected chi connectivity index (χ0v) is 16.1. The first-order valence-corrected chi connectivity index (χ1v) is 8.37. The van der Waals surface area contributed by atoms with Gasteiger partial charge in [0.1, 0.15) is 0 Å². The van der Waals surface area contributed by atoms with Crippen LogP contribution in [-0.4, -0.2) is 45.7 Å². The van der Waals surface area contributed by atoms with Gasteiger partial charge in [-0.05, 0) is 24.7 Å². The van der Waals surface area contributed by atoms with Crippen molar-refractivity contribution in [3.05, 3.63) is 47.0 Å². The van der Waals surface area contributed by atoms with Crippen molar-refractivity contribution < 1.29 is 19.0 Å². The smallest absolute Gasteiger partial charge is 0.238 e. The summed E-state index contributed by atoms with van der Waals surface area (Å²) in [7, 11) is 6.47. The normalized spacial score (nSPS) is 10.5. The molecule has 140 valence electrons. The lowest BCUT2D eigenvalue weighted by Crippen LogP contribution is -2.29. The monoisotopic (exact) mass is 378 g/mol. The second-order valence-corrected chi connectivity index (χ2v) is 6.20. The van der Waals surface area contributed by atoms with Crippen LogP contribution in [0.1, 0.15) is 5.56 Å². The van der Waals surface area contributed by atoms with Crippen molar-refractivity contribution in [1.82, 2.24) is 4.90 Å². The van der Waals surface area contributed by atoms with E-state index in [0.717, 1.165) is 5.56 Å². The van der Waals surface area contributed by atoms with Crippen molar-refractivity contribution in [3.8, 4) is 17.2 Å². The molecule has 7 heteroatoms. The number of nitrogens with one attached hydrogen (secondary N) is 1. The summed E-state index contributed by atoms with van der Waals surface area (Å²) in [4.78, 5) is 14.2. The van der Waals surface area contributed by atoms with E-state index in [-0.39, 0.29) is 12.5 Å². The molecule has 0 aromatic heterocycles. The van der Waals surface area contributed by atoms with Crippen LogP contribution in [-0.2, 0) is 11.3 Å². The van der Waals surface area contributed by atoms with Gasteiger partial charge in [-0.15, -0.1) is 0 Å². The molecule has 2 rings (SSSR count). The molecule has 2 aromatic carbocycles. The second-order valence-electron chi connectivity index (χ2n) is 5.76. The van der Waals surface area contributed by atoms with Gasteiger partial charge in [-0.3, -0.25) is 9.69 Å². The molecule has 0 bridgehead atoms. The topological polar surface area (TPSA) is 60.0 Å². The number of ether oxygens (including phenoxy) is 3. The molecule has 0 aliphatic rings. The molecular formula is C19H23ClN2O4. The highest BCUT2D eigenvalue weighted by Gasteiger charge is 2.15. The predicted octanol–water partition coefficient (Wildman–Crippen LogP) is 3.44. The van der Waals surface area contributed by atoms with Crippen molar-refractivity contribution in [2.24, 2.45) is 0 Å². The minimum Gasteiger partial charge on any atom is -0.493 e.